The second kappa shape index (κ2) is 3.29. The summed E-state index contributed by atoms with van der Waals surface area (Å²) in [5, 5.41) is -0.0111. The largest absolute Gasteiger partial charge is 0.113 e. The molecule has 2 aliphatic rings. The summed E-state index contributed by atoms with van der Waals surface area (Å²) in [7, 11) is 0. The van der Waals surface area contributed by atoms with Gasteiger partial charge in [-0.1, -0.05) is 36.5 Å². The summed E-state index contributed by atoms with van der Waals surface area (Å²) in [6, 6.07) is 0. The van der Waals surface area contributed by atoms with Crippen LogP contribution < -0.4 is 0 Å². The Labute approximate surface area is 90.0 Å². The van der Waals surface area contributed by atoms with Gasteiger partial charge in [0.1, 0.15) is 0 Å². The number of hydrogen-bond acceptors (Lipinski definition) is 0. The maximum Gasteiger partial charge on any atom is 0.0780 e. The fourth-order valence-electron chi connectivity index (χ4n) is 2.02. The second-order valence-corrected chi connectivity index (χ2v) is 4.30. The molecule has 0 heterocycles. The smallest absolute Gasteiger partial charge is 0.0780 e. The molecular weight excluding hydrogens is 192 g/mol. The van der Waals surface area contributed by atoms with Gasteiger partial charge in [0.15, 0.2) is 0 Å². The Hall–Kier alpha value is -1.01. The van der Waals surface area contributed by atoms with Gasteiger partial charge in [-0.25, -0.2) is 0 Å². The van der Waals surface area contributed by atoms with Crippen LogP contribution in [0, 0.1) is 0 Å². The van der Waals surface area contributed by atoms with E-state index in [0.717, 1.165) is 11.1 Å². The molecule has 1 unspecified atom stereocenters. The number of alkyl halides is 1. The van der Waals surface area contributed by atoms with Crippen molar-refractivity contribution in [1.82, 2.24) is 0 Å². The summed E-state index contributed by atoms with van der Waals surface area (Å²) in [6.07, 6.45) is 8.38. The Morgan fingerprint density at radius 1 is 1.29 bits per heavy atom. The molecule has 0 aromatic heterocycles. The third-order valence-electron chi connectivity index (χ3n) is 2.61. The zero-order valence-electron chi connectivity index (χ0n) is 8.47. The standard InChI is InChI=1S/C13H13Cl/c1-8-6-9(2)11-4-5-12(14)13(11)10(3)7-8/h4-7,12H,3H2,1-2H3. The molecule has 0 nitrogen and oxygen atoms in total. The van der Waals surface area contributed by atoms with Crippen molar-refractivity contribution >= 4 is 11.6 Å². The Morgan fingerprint density at radius 3 is 2.71 bits per heavy atom. The summed E-state index contributed by atoms with van der Waals surface area (Å²) in [4.78, 5) is 0. The van der Waals surface area contributed by atoms with E-state index in [2.05, 4.69) is 38.7 Å². The highest BCUT2D eigenvalue weighted by Gasteiger charge is 2.22. The predicted molar refractivity (Wildman–Crippen MR) is 62.5 cm³/mol. The van der Waals surface area contributed by atoms with Gasteiger partial charge in [0, 0.05) is 0 Å². The zero-order valence-corrected chi connectivity index (χ0v) is 9.23. The maximum atomic E-state index is 6.20. The quantitative estimate of drug-likeness (QED) is 0.525. The first-order valence-corrected chi connectivity index (χ1v) is 5.16. The van der Waals surface area contributed by atoms with Crippen LogP contribution in [0.3, 0.4) is 0 Å². The Kier molecular flexibility index (Phi) is 2.24. The molecule has 1 atom stereocenters. The molecule has 14 heavy (non-hydrogen) atoms. The van der Waals surface area contributed by atoms with Crippen molar-refractivity contribution in [2.45, 2.75) is 19.2 Å². The molecule has 0 bridgehead atoms. The number of allylic oxidation sites excluding steroid dienone is 9. The van der Waals surface area contributed by atoms with Crippen molar-refractivity contribution in [2.75, 3.05) is 0 Å². The molecule has 0 fully saturated rings. The zero-order chi connectivity index (χ0) is 10.3. The highest BCUT2D eigenvalue weighted by Crippen LogP contribution is 2.36. The van der Waals surface area contributed by atoms with Crippen molar-refractivity contribution in [3.63, 3.8) is 0 Å². The first kappa shape index (κ1) is 9.54. The fourth-order valence-corrected chi connectivity index (χ4v) is 2.35. The number of hydrogen-bond donors (Lipinski definition) is 0. The van der Waals surface area contributed by atoms with Gasteiger partial charge in [0.05, 0.1) is 5.38 Å². The molecule has 2 rings (SSSR count). The van der Waals surface area contributed by atoms with Crippen LogP contribution in [0.4, 0.5) is 0 Å². The highest BCUT2D eigenvalue weighted by molar-refractivity contribution is 6.24. The lowest BCUT2D eigenvalue weighted by Gasteiger charge is -2.09. The van der Waals surface area contributed by atoms with Gasteiger partial charge in [-0.15, -0.1) is 11.6 Å². The van der Waals surface area contributed by atoms with Gasteiger partial charge >= 0.3 is 0 Å². The predicted octanol–water partition coefficient (Wildman–Crippen LogP) is 3.92. The summed E-state index contributed by atoms with van der Waals surface area (Å²) >= 11 is 6.20. The third kappa shape index (κ3) is 1.40. The third-order valence-corrected chi connectivity index (χ3v) is 2.98. The molecule has 0 saturated carbocycles. The summed E-state index contributed by atoms with van der Waals surface area (Å²) in [5.74, 6) is 0. The van der Waals surface area contributed by atoms with Gasteiger partial charge < -0.3 is 0 Å². The van der Waals surface area contributed by atoms with E-state index >= 15 is 0 Å². The molecule has 2 aliphatic carbocycles. The average molecular weight is 205 g/mol. The average Bonchev–Trinajstić information content (AvgIpc) is 2.41. The van der Waals surface area contributed by atoms with Gasteiger partial charge in [0.25, 0.3) is 0 Å². The van der Waals surface area contributed by atoms with Crippen molar-refractivity contribution in [3.05, 3.63) is 58.7 Å². The van der Waals surface area contributed by atoms with E-state index < -0.39 is 0 Å². The van der Waals surface area contributed by atoms with E-state index in [9.17, 15) is 0 Å². The summed E-state index contributed by atoms with van der Waals surface area (Å²) in [6.45, 7) is 8.26. The van der Waals surface area contributed by atoms with Crippen LogP contribution in [-0.4, -0.2) is 5.38 Å². The lowest BCUT2D eigenvalue weighted by Crippen LogP contribution is -1.98. The number of rotatable bonds is 0. The van der Waals surface area contributed by atoms with Crippen LogP contribution in [-0.2, 0) is 0 Å². The minimum absolute atomic E-state index is 0.0111. The van der Waals surface area contributed by atoms with Gasteiger partial charge in [0.2, 0.25) is 0 Å². The number of halogens is 1. The molecule has 72 valence electrons. The Balaban J connectivity index is 2.59. The van der Waals surface area contributed by atoms with Crippen molar-refractivity contribution in [2.24, 2.45) is 0 Å². The molecule has 1 heteroatoms. The van der Waals surface area contributed by atoms with E-state index in [0.29, 0.717) is 0 Å². The normalized spacial score (nSPS) is 25.9. The molecule has 0 amide bonds. The lowest BCUT2D eigenvalue weighted by atomic mass is 10.0. The van der Waals surface area contributed by atoms with Crippen molar-refractivity contribution in [3.8, 4) is 0 Å². The molecule has 0 aliphatic heterocycles. The molecular formula is C13H13Cl. The molecule has 0 radical (unpaired) electrons. The van der Waals surface area contributed by atoms with Gasteiger partial charge in [-0.3, -0.25) is 0 Å². The van der Waals surface area contributed by atoms with Crippen LogP contribution >= 0.6 is 11.6 Å². The Bertz CT molecular complexity index is 417. The van der Waals surface area contributed by atoms with Gasteiger partial charge in [-0.2, -0.15) is 0 Å². The van der Waals surface area contributed by atoms with Gasteiger partial charge in [-0.05, 0) is 36.1 Å². The summed E-state index contributed by atoms with van der Waals surface area (Å²) in [5.41, 5.74) is 5.95. The lowest BCUT2D eigenvalue weighted by molar-refractivity contribution is 1.27. The topological polar surface area (TPSA) is 0 Å². The molecule has 0 aromatic carbocycles. The SMILES string of the molecule is C=C1C=C(C)C=C(C)C2=C1C(Cl)C=C2. The van der Waals surface area contributed by atoms with Crippen LogP contribution in [0.2, 0.25) is 0 Å². The van der Waals surface area contributed by atoms with E-state index in [1.54, 1.807) is 0 Å². The minimum atomic E-state index is -0.0111. The second-order valence-electron chi connectivity index (χ2n) is 3.83. The van der Waals surface area contributed by atoms with E-state index in [-0.39, 0.29) is 5.38 Å². The maximum absolute atomic E-state index is 6.20. The van der Waals surface area contributed by atoms with Crippen molar-refractivity contribution in [1.29, 1.82) is 0 Å². The van der Waals surface area contributed by atoms with Crippen LogP contribution in [0.5, 0.6) is 0 Å². The van der Waals surface area contributed by atoms with E-state index in [4.69, 9.17) is 11.6 Å². The summed E-state index contributed by atoms with van der Waals surface area (Å²) < 4.78 is 0. The van der Waals surface area contributed by atoms with Crippen LogP contribution in [0.1, 0.15) is 13.8 Å². The van der Waals surface area contributed by atoms with E-state index in [1.165, 1.54) is 16.7 Å². The molecule has 0 spiro atoms. The first-order chi connectivity index (χ1) is 6.59. The highest BCUT2D eigenvalue weighted by atomic mass is 35.5. The molecule has 0 N–H and O–H groups in total. The van der Waals surface area contributed by atoms with Crippen molar-refractivity contribution < 1.29 is 0 Å². The van der Waals surface area contributed by atoms with Crippen LogP contribution in [0.25, 0.3) is 0 Å². The molecule has 0 saturated heterocycles. The Morgan fingerprint density at radius 2 is 2.00 bits per heavy atom. The first-order valence-electron chi connectivity index (χ1n) is 4.72. The molecule has 0 aromatic rings. The monoisotopic (exact) mass is 204 g/mol. The fraction of sp³-hybridized carbons (Fsp3) is 0.231. The minimum Gasteiger partial charge on any atom is -0.113 e. The van der Waals surface area contributed by atoms with Crippen LogP contribution in [0.15, 0.2) is 58.7 Å². The van der Waals surface area contributed by atoms with E-state index in [1.807, 2.05) is 6.08 Å².